The minimum absolute atomic E-state index is 0. The lowest BCUT2D eigenvalue weighted by atomic mass is 10.00. The molecule has 2 aromatic carbocycles. The molecule has 194 valence electrons. The van der Waals surface area contributed by atoms with E-state index in [-0.39, 0.29) is 37.7 Å². The van der Waals surface area contributed by atoms with Crippen LogP contribution in [0.5, 0.6) is 11.5 Å². The average molecular weight is 530 g/mol. The first-order chi connectivity index (χ1) is 18.0. The van der Waals surface area contributed by atoms with Gasteiger partial charge in [-0.15, -0.1) is 0 Å². The molecule has 0 spiro atoms. The fourth-order valence-electron chi connectivity index (χ4n) is 3.69. The maximum Gasteiger partial charge on any atom is 0.236 e. The predicted octanol–water partition coefficient (Wildman–Crippen LogP) is 6.02. The van der Waals surface area contributed by atoms with Crippen LogP contribution < -0.4 is 15.2 Å². The zero-order valence-corrected chi connectivity index (χ0v) is 21.0. The summed E-state index contributed by atoms with van der Waals surface area (Å²) in [6, 6.07) is 16.6. The SMILES string of the molecule is C.[C-]#[N+]c1c(N)nc(SCc2nc(-c3ccccc3OC)oc2C)c(C#N)c1-c1ccc(OCCO)cc1. The zero-order chi connectivity index (χ0) is 26.4. The Balaban J connectivity index is 0.00000400. The number of benzene rings is 2. The van der Waals surface area contributed by atoms with Gasteiger partial charge in [0.25, 0.3) is 0 Å². The van der Waals surface area contributed by atoms with E-state index in [2.05, 4.69) is 20.9 Å². The molecule has 0 unspecified atom stereocenters. The highest BCUT2D eigenvalue weighted by molar-refractivity contribution is 7.98. The van der Waals surface area contributed by atoms with Crippen LogP contribution >= 0.6 is 11.8 Å². The fraction of sp³-hybridized carbons (Fsp3) is 0.214. The summed E-state index contributed by atoms with van der Waals surface area (Å²) in [5.74, 6) is 2.69. The van der Waals surface area contributed by atoms with Crippen molar-refractivity contribution in [3.8, 4) is 40.1 Å². The van der Waals surface area contributed by atoms with Gasteiger partial charge in [0.15, 0.2) is 0 Å². The molecule has 0 saturated heterocycles. The molecule has 0 aliphatic carbocycles. The summed E-state index contributed by atoms with van der Waals surface area (Å²) in [4.78, 5) is 12.6. The Morgan fingerprint density at radius 2 is 1.92 bits per heavy atom. The number of thioether (sulfide) groups is 1. The molecule has 38 heavy (non-hydrogen) atoms. The van der Waals surface area contributed by atoms with Crippen molar-refractivity contribution in [2.24, 2.45) is 0 Å². The number of pyridine rings is 1. The Bertz CT molecular complexity index is 1500. The van der Waals surface area contributed by atoms with Crippen LogP contribution in [0.1, 0.15) is 24.4 Å². The van der Waals surface area contributed by atoms with Crippen LogP contribution in [0.15, 0.2) is 58.0 Å². The van der Waals surface area contributed by atoms with Gasteiger partial charge in [-0.1, -0.05) is 43.5 Å². The molecule has 3 N–H and O–H groups in total. The van der Waals surface area contributed by atoms with Gasteiger partial charge in [0.2, 0.25) is 11.6 Å². The van der Waals surface area contributed by atoms with Gasteiger partial charge < -0.3 is 24.7 Å². The van der Waals surface area contributed by atoms with Gasteiger partial charge in [-0.25, -0.2) is 14.8 Å². The van der Waals surface area contributed by atoms with E-state index in [9.17, 15) is 5.26 Å². The van der Waals surface area contributed by atoms with E-state index >= 15 is 0 Å². The topological polar surface area (TPSA) is 132 Å². The molecule has 2 aromatic heterocycles. The zero-order valence-electron chi connectivity index (χ0n) is 20.2. The predicted molar refractivity (Wildman–Crippen MR) is 147 cm³/mol. The number of nitriles is 1. The van der Waals surface area contributed by atoms with Crippen LogP contribution in [0.3, 0.4) is 0 Å². The number of rotatable bonds is 9. The van der Waals surface area contributed by atoms with Crippen LogP contribution in [0.2, 0.25) is 0 Å². The number of hydrogen-bond donors (Lipinski definition) is 2. The summed E-state index contributed by atoms with van der Waals surface area (Å²) in [7, 11) is 1.59. The third kappa shape index (κ3) is 5.73. The lowest BCUT2D eigenvalue weighted by Crippen LogP contribution is -2.02. The lowest BCUT2D eigenvalue weighted by molar-refractivity contribution is 0.201. The monoisotopic (exact) mass is 529 g/mol. The quantitative estimate of drug-likeness (QED) is 0.197. The van der Waals surface area contributed by atoms with E-state index < -0.39 is 0 Å². The fourth-order valence-corrected chi connectivity index (χ4v) is 4.69. The van der Waals surface area contributed by atoms with Crippen molar-refractivity contribution >= 4 is 23.3 Å². The second-order valence-electron chi connectivity index (χ2n) is 7.73. The number of aromatic nitrogens is 2. The molecule has 0 aliphatic heterocycles. The minimum atomic E-state index is -0.102. The Morgan fingerprint density at radius 3 is 2.58 bits per heavy atom. The minimum Gasteiger partial charge on any atom is -0.496 e. The maximum atomic E-state index is 10.1. The first kappa shape index (κ1) is 28.1. The molecule has 2 heterocycles. The third-order valence-corrected chi connectivity index (χ3v) is 6.45. The number of aliphatic hydroxyl groups is 1. The molecular weight excluding hydrogens is 502 g/mol. The molecule has 4 rings (SSSR count). The number of ether oxygens (including phenoxy) is 2. The summed E-state index contributed by atoms with van der Waals surface area (Å²) in [5.41, 5.74) is 8.98. The molecule has 4 aromatic rings. The smallest absolute Gasteiger partial charge is 0.236 e. The molecule has 9 nitrogen and oxygen atoms in total. The molecule has 0 atom stereocenters. The number of para-hydroxylation sites is 1. The van der Waals surface area contributed by atoms with E-state index in [4.69, 9.17) is 31.3 Å². The van der Waals surface area contributed by atoms with Crippen LogP contribution in [0.4, 0.5) is 11.5 Å². The Hall–Kier alpha value is -4.51. The van der Waals surface area contributed by atoms with Crippen LogP contribution in [-0.4, -0.2) is 35.4 Å². The van der Waals surface area contributed by atoms with Crippen molar-refractivity contribution in [2.75, 3.05) is 26.1 Å². The van der Waals surface area contributed by atoms with Gasteiger partial charge >= 0.3 is 0 Å². The normalized spacial score (nSPS) is 10.2. The van der Waals surface area contributed by atoms with Gasteiger partial charge in [-0.2, -0.15) is 5.26 Å². The number of nitrogen functional groups attached to an aromatic ring is 1. The second-order valence-corrected chi connectivity index (χ2v) is 8.70. The van der Waals surface area contributed by atoms with Gasteiger partial charge in [-0.3, -0.25) is 0 Å². The number of methoxy groups -OCH3 is 1. The molecule has 0 amide bonds. The van der Waals surface area contributed by atoms with E-state index in [1.54, 1.807) is 31.4 Å². The number of hydrogen-bond acceptors (Lipinski definition) is 9. The van der Waals surface area contributed by atoms with Gasteiger partial charge in [0.05, 0.1) is 37.1 Å². The van der Waals surface area contributed by atoms with Crippen molar-refractivity contribution in [1.82, 2.24) is 9.97 Å². The molecule has 0 saturated carbocycles. The van der Waals surface area contributed by atoms with Gasteiger partial charge in [0, 0.05) is 11.3 Å². The summed E-state index contributed by atoms with van der Waals surface area (Å²) in [5, 5.41) is 19.4. The Morgan fingerprint density at radius 1 is 1.18 bits per heavy atom. The second kappa shape index (κ2) is 12.6. The molecule has 0 bridgehead atoms. The van der Waals surface area contributed by atoms with Crippen molar-refractivity contribution in [3.05, 3.63) is 77.0 Å². The third-order valence-electron chi connectivity index (χ3n) is 5.47. The highest BCUT2D eigenvalue weighted by Gasteiger charge is 2.22. The highest BCUT2D eigenvalue weighted by atomic mass is 32.2. The molecular formula is C28H27N5O4S. The summed E-state index contributed by atoms with van der Waals surface area (Å²) >= 11 is 1.29. The standard InChI is InChI=1S/C27H23N5O4S.CH4/c1-16-21(31-26(36-16)19-6-4-5-7-22(19)34-3)15-37-27-20(14-28)23(24(30-2)25(29)32-27)17-8-10-18(11-9-17)35-13-12-33;/h4-11,33H,12-13,15H2,1,3H3,(H2,29,32);1H4. The van der Waals surface area contributed by atoms with Crippen molar-refractivity contribution in [3.63, 3.8) is 0 Å². The van der Waals surface area contributed by atoms with Gasteiger partial charge in [-0.05, 0) is 36.8 Å². The van der Waals surface area contributed by atoms with E-state index in [1.807, 2.05) is 31.2 Å². The number of anilines is 1. The maximum absolute atomic E-state index is 10.1. The summed E-state index contributed by atoms with van der Waals surface area (Å²) in [6.45, 7) is 9.52. The number of oxazole rings is 1. The van der Waals surface area contributed by atoms with Crippen molar-refractivity contribution in [1.29, 1.82) is 5.26 Å². The van der Waals surface area contributed by atoms with Gasteiger partial charge in [0.1, 0.15) is 40.8 Å². The Kier molecular flexibility index (Phi) is 9.33. The largest absolute Gasteiger partial charge is 0.496 e. The average Bonchev–Trinajstić information content (AvgIpc) is 3.30. The summed E-state index contributed by atoms with van der Waals surface area (Å²) < 4.78 is 16.7. The molecule has 0 radical (unpaired) electrons. The van der Waals surface area contributed by atoms with E-state index in [0.717, 1.165) is 5.56 Å². The number of nitrogens with two attached hydrogens (primary N) is 1. The number of aryl methyl sites for hydroxylation is 1. The molecule has 0 fully saturated rings. The lowest BCUT2D eigenvalue weighted by Gasteiger charge is -2.13. The highest BCUT2D eigenvalue weighted by Crippen LogP contribution is 2.42. The van der Waals surface area contributed by atoms with Crippen molar-refractivity contribution in [2.45, 2.75) is 25.1 Å². The number of aliphatic hydroxyl groups excluding tert-OH is 1. The van der Waals surface area contributed by atoms with Crippen LogP contribution in [0.25, 0.3) is 27.4 Å². The van der Waals surface area contributed by atoms with E-state index in [1.165, 1.54) is 11.8 Å². The Labute approximate surface area is 225 Å². The summed E-state index contributed by atoms with van der Waals surface area (Å²) in [6.07, 6.45) is 0. The first-order valence-corrected chi connectivity index (χ1v) is 12.2. The number of nitrogens with zero attached hydrogens (tertiary/aromatic N) is 4. The van der Waals surface area contributed by atoms with Crippen molar-refractivity contribution < 1.29 is 19.0 Å². The van der Waals surface area contributed by atoms with E-state index in [0.29, 0.717) is 50.7 Å². The first-order valence-electron chi connectivity index (χ1n) is 11.2. The molecule has 10 heteroatoms. The molecule has 0 aliphatic rings. The van der Waals surface area contributed by atoms with Crippen LogP contribution in [-0.2, 0) is 5.75 Å². The van der Waals surface area contributed by atoms with Crippen LogP contribution in [0, 0.1) is 24.8 Å².